The zero-order valence-electron chi connectivity index (χ0n) is 12.1. The van der Waals surface area contributed by atoms with Gasteiger partial charge in [0.2, 0.25) is 0 Å². The molecule has 110 valence electrons. The topological polar surface area (TPSA) is 32.3 Å². The second kappa shape index (κ2) is 7.39. The van der Waals surface area contributed by atoms with Crippen molar-refractivity contribution in [2.45, 2.75) is 26.2 Å². The first-order valence-corrected chi connectivity index (χ1v) is 7.46. The molecule has 1 saturated heterocycles. The van der Waals surface area contributed by atoms with E-state index in [2.05, 4.69) is 12.2 Å². The Morgan fingerprint density at radius 2 is 1.95 bits per heavy atom. The number of hydrogen-bond donors (Lipinski definition) is 1. The van der Waals surface area contributed by atoms with Crippen molar-refractivity contribution in [2.24, 2.45) is 5.92 Å². The first kappa shape index (κ1) is 15.0. The van der Waals surface area contributed by atoms with Gasteiger partial charge in [0, 0.05) is 18.7 Å². The number of nitrogens with one attached hydrogen (secondary N) is 1. The number of benzene rings is 1. The van der Waals surface area contributed by atoms with Gasteiger partial charge in [-0.1, -0.05) is 6.92 Å². The lowest BCUT2D eigenvalue weighted by Gasteiger charge is -2.30. The highest BCUT2D eigenvalue weighted by atomic mass is 19.1. The van der Waals surface area contributed by atoms with Crippen LogP contribution in [0, 0.1) is 11.7 Å². The molecule has 0 aromatic heterocycles. The van der Waals surface area contributed by atoms with E-state index in [1.54, 1.807) is 12.1 Å². The van der Waals surface area contributed by atoms with Crippen LogP contribution in [0.25, 0.3) is 0 Å². The number of piperidine rings is 1. The largest absolute Gasteiger partial charge is 0.338 e. The van der Waals surface area contributed by atoms with E-state index >= 15 is 0 Å². The van der Waals surface area contributed by atoms with Gasteiger partial charge in [-0.3, -0.25) is 4.79 Å². The molecule has 2 rings (SSSR count). The summed E-state index contributed by atoms with van der Waals surface area (Å²) in [6.07, 6.45) is 3.19. The van der Waals surface area contributed by atoms with E-state index in [1.807, 2.05) is 4.90 Å². The Morgan fingerprint density at radius 1 is 1.30 bits per heavy atom. The molecule has 4 heteroatoms. The first-order valence-electron chi connectivity index (χ1n) is 7.46. The van der Waals surface area contributed by atoms with E-state index in [1.165, 1.54) is 12.1 Å². The molecule has 0 unspecified atom stereocenters. The van der Waals surface area contributed by atoms with Gasteiger partial charge in [0.05, 0.1) is 0 Å². The third kappa shape index (κ3) is 4.04. The number of nitrogens with zero attached hydrogens (tertiary/aromatic N) is 1. The minimum absolute atomic E-state index is 0.0189. The average molecular weight is 278 g/mol. The Balaban J connectivity index is 2.02. The van der Waals surface area contributed by atoms with Gasteiger partial charge in [-0.15, -0.1) is 0 Å². The molecule has 0 saturated carbocycles. The average Bonchev–Trinajstić information content (AvgIpc) is 2.48. The van der Waals surface area contributed by atoms with Crippen LogP contribution in [0.15, 0.2) is 24.3 Å². The summed E-state index contributed by atoms with van der Waals surface area (Å²) >= 11 is 0. The summed E-state index contributed by atoms with van der Waals surface area (Å²) in [6, 6.07) is 5.84. The van der Waals surface area contributed by atoms with Gasteiger partial charge in [-0.2, -0.15) is 0 Å². The van der Waals surface area contributed by atoms with Crippen LogP contribution in [0.3, 0.4) is 0 Å². The molecule has 1 aliphatic heterocycles. The number of amides is 1. The molecule has 3 nitrogen and oxygen atoms in total. The minimum atomic E-state index is -0.304. The number of hydrogen-bond acceptors (Lipinski definition) is 2. The fourth-order valence-corrected chi connectivity index (χ4v) is 2.70. The van der Waals surface area contributed by atoms with Crippen LogP contribution < -0.4 is 5.32 Å². The predicted molar refractivity (Wildman–Crippen MR) is 78.2 cm³/mol. The lowest BCUT2D eigenvalue weighted by atomic mass is 9.97. The van der Waals surface area contributed by atoms with Crippen molar-refractivity contribution in [2.75, 3.05) is 26.2 Å². The Labute approximate surface area is 120 Å². The van der Waals surface area contributed by atoms with Crippen LogP contribution >= 0.6 is 0 Å². The molecule has 0 aliphatic carbocycles. The van der Waals surface area contributed by atoms with Crippen molar-refractivity contribution in [1.29, 1.82) is 0 Å². The second-order valence-electron chi connectivity index (χ2n) is 5.45. The Kier molecular flexibility index (Phi) is 5.53. The molecule has 20 heavy (non-hydrogen) atoms. The van der Waals surface area contributed by atoms with Crippen LogP contribution in [0.4, 0.5) is 4.39 Å². The van der Waals surface area contributed by atoms with E-state index < -0.39 is 0 Å². The van der Waals surface area contributed by atoms with E-state index in [0.29, 0.717) is 11.5 Å². The van der Waals surface area contributed by atoms with Crippen molar-refractivity contribution in [3.63, 3.8) is 0 Å². The van der Waals surface area contributed by atoms with E-state index in [0.717, 1.165) is 45.4 Å². The third-order valence-electron chi connectivity index (χ3n) is 3.81. The van der Waals surface area contributed by atoms with E-state index in [9.17, 15) is 9.18 Å². The minimum Gasteiger partial charge on any atom is -0.338 e. The summed E-state index contributed by atoms with van der Waals surface area (Å²) in [4.78, 5) is 14.4. The van der Waals surface area contributed by atoms with Crippen molar-refractivity contribution in [3.05, 3.63) is 35.6 Å². The van der Waals surface area contributed by atoms with Crippen LogP contribution in [-0.4, -0.2) is 37.0 Å². The fourth-order valence-electron chi connectivity index (χ4n) is 2.70. The highest BCUT2D eigenvalue weighted by Gasteiger charge is 2.21. The molecule has 0 bridgehead atoms. The zero-order valence-corrected chi connectivity index (χ0v) is 12.1. The van der Waals surface area contributed by atoms with Crippen molar-refractivity contribution >= 4 is 5.91 Å². The summed E-state index contributed by atoms with van der Waals surface area (Å²) in [5.74, 6) is 0.291. The Morgan fingerprint density at radius 3 is 2.55 bits per heavy atom. The maximum absolute atomic E-state index is 12.9. The van der Waals surface area contributed by atoms with Crippen LogP contribution in [0.2, 0.25) is 0 Å². The molecular formula is C16H23FN2O. The quantitative estimate of drug-likeness (QED) is 0.898. The maximum Gasteiger partial charge on any atom is 0.253 e. The lowest BCUT2D eigenvalue weighted by Crippen LogP contribution is -2.39. The molecule has 1 aliphatic rings. The lowest BCUT2D eigenvalue weighted by molar-refractivity contribution is 0.0716. The van der Waals surface area contributed by atoms with Crippen LogP contribution in [-0.2, 0) is 0 Å². The van der Waals surface area contributed by atoms with Crippen molar-refractivity contribution in [1.82, 2.24) is 10.2 Å². The molecule has 0 radical (unpaired) electrons. The summed E-state index contributed by atoms with van der Waals surface area (Å²) < 4.78 is 12.9. The number of rotatable bonds is 5. The molecule has 1 heterocycles. The molecular weight excluding hydrogens is 255 g/mol. The molecule has 0 spiro atoms. The van der Waals surface area contributed by atoms with Crippen LogP contribution in [0.1, 0.15) is 36.5 Å². The molecule has 1 aromatic carbocycles. The first-order chi connectivity index (χ1) is 9.70. The van der Waals surface area contributed by atoms with Gasteiger partial charge in [-0.25, -0.2) is 4.39 Å². The molecule has 1 amide bonds. The number of carbonyl (C=O) groups is 1. The highest BCUT2D eigenvalue weighted by molar-refractivity contribution is 5.94. The van der Waals surface area contributed by atoms with Crippen LogP contribution in [0.5, 0.6) is 0 Å². The highest BCUT2D eigenvalue weighted by Crippen LogP contribution is 2.16. The fraction of sp³-hybridized carbons (Fsp3) is 0.562. The van der Waals surface area contributed by atoms with Gasteiger partial charge in [0.25, 0.3) is 5.91 Å². The predicted octanol–water partition coefficient (Wildman–Crippen LogP) is 2.68. The van der Waals surface area contributed by atoms with E-state index in [-0.39, 0.29) is 11.7 Å². The normalized spacial score (nSPS) is 16.1. The van der Waals surface area contributed by atoms with Gasteiger partial charge >= 0.3 is 0 Å². The molecule has 1 aromatic rings. The summed E-state index contributed by atoms with van der Waals surface area (Å²) in [5.41, 5.74) is 0.578. The van der Waals surface area contributed by atoms with Gasteiger partial charge in [0.1, 0.15) is 5.82 Å². The molecule has 1 N–H and O–H groups in total. The smallest absolute Gasteiger partial charge is 0.253 e. The monoisotopic (exact) mass is 278 g/mol. The summed E-state index contributed by atoms with van der Waals surface area (Å²) in [6.45, 7) is 5.73. The summed E-state index contributed by atoms with van der Waals surface area (Å²) in [5, 5.41) is 3.34. The van der Waals surface area contributed by atoms with Gasteiger partial charge in [0.15, 0.2) is 0 Å². The third-order valence-corrected chi connectivity index (χ3v) is 3.81. The van der Waals surface area contributed by atoms with Crippen molar-refractivity contribution < 1.29 is 9.18 Å². The Hall–Kier alpha value is -1.42. The standard InChI is InChI=1S/C16H23FN2O/c1-2-11-19(12-13-7-9-18-10-8-13)16(20)14-3-5-15(17)6-4-14/h3-6,13,18H,2,7-12H2,1H3. The Bertz CT molecular complexity index is 427. The van der Waals surface area contributed by atoms with Gasteiger partial charge in [-0.05, 0) is 62.5 Å². The SMILES string of the molecule is CCCN(CC1CCNCC1)C(=O)c1ccc(F)cc1. The second-order valence-corrected chi connectivity index (χ2v) is 5.45. The number of carbonyl (C=O) groups excluding carboxylic acids is 1. The molecule has 1 fully saturated rings. The van der Waals surface area contributed by atoms with Gasteiger partial charge < -0.3 is 10.2 Å². The maximum atomic E-state index is 12.9. The summed E-state index contributed by atoms with van der Waals surface area (Å²) in [7, 11) is 0. The molecule has 0 atom stereocenters. The number of halogens is 1. The van der Waals surface area contributed by atoms with Crippen molar-refractivity contribution in [3.8, 4) is 0 Å². The zero-order chi connectivity index (χ0) is 14.4. The van der Waals surface area contributed by atoms with E-state index in [4.69, 9.17) is 0 Å².